The number of nitrogens with one attached hydrogen (secondary N) is 1. The van der Waals surface area contributed by atoms with Crippen molar-refractivity contribution in [3.8, 4) is 0 Å². The summed E-state index contributed by atoms with van der Waals surface area (Å²) >= 11 is 0. The first-order valence-electron chi connectivity index (χ1n) is 7.49. The van der Waals surface area contributed by atoms with Crippen LogP contribution in [0.1, 0.15) is 47.7 Å². The maximum Gasteiger partial charge on any atom is 0.0294 e. The van der Waals surface area contributed by atoms with E-state index in [0.717, 1.165) is 13.0 Å². The largest absolute Gasteiger partial charge is 0.306 e. The second-order valence-corrected chi connectivity index (χ2v) is 5.57. The summed E-state index contributed by atoms with van der Waals surface area (Å²) in [6.07, 6.45) is 1.10. The number of hydrogen-bond donors (Lipinski definition) is 1. The van der Waals surface area contributed by atoms with Crippen LogP contribution in [0.2, 0.25) is 0 Å². The molecule has 0 radical (unpaired) electrons. The first kappa shape index (κ1) is 14.8. The van der Waals surface area contributed by atoms with Crippen LogP contribution in [0.5, 0.6) is 0 Å². The molecule has 0 aliphatic carbocycles. The van der Waals surface area contributed by atoms with Crippen LogP contribution >= 0.6 is 0 Å². The van der Waals surface area contributed by atoms with E-state index in [1.54, 1.807) is 0 Å². The van der Waals surface area contributed by atoms with Crippen molar-refractivity contribution >= 4 is 0 Å². The summed E-state index contributed by atoms with van der Waals surface area (Å²) < 4.78 is 0. The van der Waals surface area contributed by atoms with E-state index < -0.39 is 0 Å². The fourth-order valence-electron chi connectivity index (χ4n) is 2.54. The van der Waals surface area contributed by atoms with Crippen LogP contribution in [0.3, 0.4) is 0 Å². The average molecular weight is 267 g/mol. The molecule has 2 rings (SSSR count). The lowest BCUT2D eigenvalue weighted by molar-refractivity contribution is 0.572. The summed E-state index contributed by atoms with van der Waals surface area (Å²) in [4.78, 5) is 0. The van der Waals surface area contributed by atoms with Crippen LogP contribution in [0, 0.1) is 13.8 Å². The quantitative estimate of drug-likeness (QED) is 0.826. The predicted molar refractivity (Wildman–Crippen MR) is 87.0 cm³/mol. The number of hydrogen-bond acceptors (Lipinski definition) is 1. The highest BCUT2D eigenvalue weighted by atomic mass is 14.9. The Labute approximate surface area is 123 Å². The van der Waals surface area contributed by atoms with Crippen molar-refractivity contribution in [3.05, 3.63) is 70.3 Å². The van der Waals surface area contributed by atoms with Gasteiger partial charge < -0.3 is 5.32 Å². The third kappa shape index (κ3) is 3.49. The lowest BCUT2D eigenvalue weighted by Gasteiger charge is -2.17. The molecule has 0 aromatic heterocycles. The molecule has 20 heavy (non-hydrogen) atoms. The molecule has 0 aliphatic heterocycles. The van der Waals surface area contributed by atoms with Gasteiger partial charge in [-0.05, 0) is 55.0 Å². The van der Waals surface area contributed by atoms with Gasteiger partial charge in [-0.25, -0.2) is 0 Å². The second-order valence-electron chi connectivity index (χ2n) is 5.57. The minimum absolute atomic E-state index is 0.375. The van der Waals surface area contributed by atoms with Crippen LogP contribution in [0.25, 0.3) is 0 Å². The average Bonchev–Trinajstić information content (AvgIpc) is 2.46. The molecule has 106 valence electrons. The van der Waals surface area contributed by atoms with Gasteiger partial charge in [0.2, 0.25) is 0 Å². The zero-order valence-electron chi connectivity index (χ0n) is 13.0. The monoisotopic (exact) mass is 267 g/mol. The third-order valence-electron chi connectivity index (χ3n) is 4.12. The molecule has 1 atom stereocenters. The standard InChI is InChI=1S/C19H25N/c1-5-17-9-11-18(12-10-17)16(4)20-13-19-14(2)7-6-8-15(19)3/h6-12,16,20H,5,13H2,1-4H3. The van der Waals surface area contributed by atoms with E-state index in [2.05, 4.69) is 75.5 Å². The van der Waals surface area contributed by atoms with E-state index >= 15 is 0 Å². The summed E-state index contributed by atoms with van der Waals surface area (Å²) in [5.41, 5.74) is 6.91. The first-order chi connectivity index (χ1) is 9.61. The Morgan fingerprint density at radius 1 is 0.950 bits per heavy atom. The van der Waals surface area contributed by atoms with E-state index in [-0.39, 0.29) is 0 Å². The van der Waals surface area contributed by atoms with Crippen molar-refractivity contribution in [1.29, 1.82) is 0 Å². The van der Waals surface area contributed by atoms with Crippen molar-refractivity contribution in [2.75, 3.05) is 0 Å². The number of benzene rings is 2. The SMILES string of the molecule is CCc1ccc(C(C)NCc2c(C)cccc2C)cc1. The normalized spacial score (nSPS) is 12.4. The van der Waals surface area contributed by atoms with Gasteiger partial charge in [-0.2, -0.15) is 0 Å². The van der Waals surface area contributed by atoms with Gasteiger partial charge in [-0.3, -0.25) is 0 Å². The molecule has 2 aromatic carbocycles. The van der Waals surface area contributed by atoms with Crippen molar-refractivity contribution < 1.29 is 0 Å². The third-order valence-corrected chi connectivity index (χ3v) is 4.12. The van der Waals surface area contributed by atoms with Gasteiger partial charge >= 0.3 is 0 Å². The highest BCUT2D eigenvalue weighted by molar-refractivity contribution is 5.33. The van der Waals surface area contributed by atoms with Crippen molar-refractivity contribution in [1.82, 2.24) is 5.32 Å². The topological polar surface area (TPSA) is 12.0 Å². The molecule has 1 heteroatoms. The molecule has 0 aliphatic rings. The summed E-state index contributed by atoms with van der Waals surface area (Å²) in [5, 5.41) is 3.63. The summed E-state index contributed by atoms with van der Waals surface area (Å²) in [6.45, 7) is 9.72. The lowest BCUT2D eigenvalue weighted by atomic mass is 10.0. The van der Waals surface area contributed by atoms with Gasteiger partial charge in [0, 0.05) is 12.6 Å². The molecule has 0 spiro atoms. The smallest absolute Gasteiger partial charge is 0.0294 e. The molecular weight excluding hydrogens is 242 g/mol. The molecule has 0 amide bonds. The summed E-state index contributed by atoms with van der Waals surface area (Å²) in [7, 11) is 0. The van der Waals surface area contributed by atoms with Gasteiger partial charge in [0.05, 0.1) is 0 Å². The van der Waals surface area contributed by atoms with Crippen LogP contribution in [0.4, 0.5) is 0 Å². The fourth-order valence-corrected chi connectivity index (χ4v) is 2.54. The maximum atomic E-state index is 3.63. The molecular formula is C19H25N. The Hall–Kier alpha value is -1.60. The highest BCUT2D eigenvalue weighted by Crippen LogP contribution is 2.17. The minimum atomic E-state index is 0.375. The van der Waals surface area contributed by atoms with Gasteiger partial charge in [0.15, 0.2) is 0 Å². The number of rotatable bonds is 5. The molecule has 0 saturated carbocycles. The minimum Gasteiger partial charge on any atom is -0.306 e. The molecule has 0 saturated heterocycles. The Bertz CT molecular complexity index is 534. The zero-order chi connectivity index (χ0) is 14.5. The fraction of sp³-hybridized carbons (Fsp3) is 0.368. The van der Waals surface area contributed by atoms with Gasteiger partial charge in [-0.1, -0.05) is 49.4 Å². The van der Waals surface area contributed by atoms with Gasteiger partial charge in [0.1, 0.15) is 0 Å². The predicted octanol–water partition coefficient (Wildman–Crippen LogP) is 4.72. The van der Waals surface area contributed by atoms with Crippen LogP contribution in [0.15, 0.2) is 42.5 Å². The van der Waals surface area contributed by atoms with Gasteiger partial charge in [0.25, 0.3) is 0 Å². The second kappa shape index (κ2) is 6.71. The Kier molecular flexibility index (Phi) is 4.97. The van der Waals surface area contributed by atoms with E-state index in [4.69, 9.17) is 0 Å². The molecule has 2 aromatic rings. The Morgan fingerprint density at radius 3 is 2.10 bits per heavy atom. The van der Waals surface area contributed by atoms with Crippen LogP contribution < -0.4 is 5.32 Å². The molecule has 0 bridgehead atoms. The Balaban J connectivity index is 2.02. The molecule has 1 unspecified atom stereocenters. The highest BCUT2D eigenvalue weighted by Gasteiger charge is 2.07. The molecule has 1 nitrogen and oxygen atoms in total. The summed E-state index contributed by atoms with van der Waals surface area (Å²) in [5.74, 6) is 0. The number of aryl methyl sites for hydroxylation is 3. The maximum absolute atomic E-state index is 3.63. The van der Waals surface area contributed by atoms with Crippen LogP contribution in [-0.4, -0.2) is 0 Å². The molecule has 0 fully saturated rings. The zero-order valence-corrected chi connectivity index (χ0v) is 13.0. The van der Waals surface area contributed by atoms with Crippen molar-refractivity contribution in [2.24, 2.45) is 0 Å². The molecule has 1 N–H and O–H groups in total. The van der Waals surface area contributed by atoms with E-state index in [9.17, 15) is 0 Å². The van der Waals surface area contributed by atoms with Crippen LogP contribution in [-0.2, 0) is 13.0 Å². The summed E-state index contributed by atoms with van der Waals surface area (Å²) in [6, 6.07) is 15.8. The van der Waals surface area contributed by atoms with E-state index in [1.807, 2.05) is 0 Å². The molecule has 0 heterocycles. The van der Waals surface area contributed by atoms with E-state index in [0.29, 0.717) is 6.04 Å². The Morgan fingerprint density at radius 2 is 1.55 bits per heavy atom. The van der Waals surface area contributed by atoms with Crippen molar-refractivity contribution in [2.45, 2.75) is 46.7 Å². The van der Waals surface area contributed by atoms with E-state index in [1.165, 1.54) is 27.8 Å². The van der Waals surface area contributed by atoms with Crippen molar-refractivity contribution in [3.63, 3.8) is 0 Å². The van der Waals surface area contributed by atoms with Gasteiger partial charge in [-0.15, -0.1) is 0 Å². The first-order valence-corrected chi connectivity index (χ1v) is 7.49. The lowest BCUT2D eigenvalue weighted by Crippen LogP contribution is -2.19.